The Balaban J connectivity index is 1.70. The van der Waals surface area contributed by atoms with E-state index in [2.05, 4.69) is 5.32 Å². The molecule has 0 unspecified atom stereocenters. The van der Waals surface area contributed by atoms with Crippen LogP contribution in [0.4, 0.5) is 4.79 Å². The number of hydrogen-bond acceptors (Lipinski definition) is 5. The van der Waals surface area contributed by atoms with E-state index in [4.69, 9.17) is 9.47 Å². The van der Waals surface area contributed by atoms with E-state index < -0.39 is 11.7 Å². The van der Waals surface area contributed by atoms with E-state index >= 15 is 0 Å². The number of nitrogens with one attached hydrogen (secondary N) is 1. The number of carbonyl (C=O) groups is 2. The molecule has 7 heteroatoms. The highest BCUT2D eigenvalue weighted by molar-refractivity contribution is 7.09. The third-order valence-electron chi connectivity index (χ3n) is 4.62. The number of para-hydroxylation sites is 1. The molecule has 6 nitrogen and oxygen atoms in total. The molecule has 1 heterocycles. The smallest absolute Gasteiger partial charge is 0.407 e. The van der Waals surface area contributed by atoms with Crippen LogP contribution in [0.2, 0.25) is 0 Å². The van der Waals surface area contributed by atoms with Crippen molar-refractivity contribution in [1.82, 2.24) is 10.2 Å². The molecule has 2 aromatic carbocycles. The fourth-order valence-electron chi connectivity index (χ4n) is 3.13. The average Bonchev–Trinajstić information content (AvgIpc) is 3.29. The number of benzene rings is 2. The SMILES string of the molecule is CC(C)(C)OC(=O)NCCN(Cc1cccs1)C(=O)c1ccccc1OCc1ccccc1. The van der Waals surface area contributed by atoms with E-state index in [1.807, 2.05) is 80.7 Å². The first-order valence-corrected chi connectivity index (χ1v) is 11.7. The predicted molar refractivity (Wildman–Crippen MR) is 131 cm³/mol. The van der Waals surface area contributed by atoms with E-state index in [0.717, 1.165) is 10.4 Å². The summed E-state index contributed by atoms with van der Waals surface area (Å²) in [4.78, 5) is 28.3. The highest BCUT2D eigenvalue weighted by Crippen LogP contribution is 2.23. The molecule has 174 valence electrons. The average molecular weight is 467 g/mol. The van der Waals surface area contributed by atoms with Gasteiger partial charge >= 0.3 is 6.09 Å². The second-order valence-corrected chi connectivity index (χ2v) is 9.54. The molecule has 0 bridgehead atoms. The lowest BCUT2D eigenvalue weighted by atomic mass is 10.1. The van der Waals surface area contributed by atoms with Crippen LogP contribution in [0.5, 0.6) is 5.75 Å². The summed E-state index contributed by atoms with van der Waals surface area (Å²) in [6.07, 6.45) is -0.502. The molecule has 0 saturated heterocycles. The van der Waals surface area contributed by atoms with Gasteiger partial charge in [0, 0.05) is 18.0 Å². The molecule has 3 aromatic rings. The Morgan fingerprint density at radius 3 is 2.39 bits per heavy atom. The molecular formula is C26H30N2O4S. The monoisotopic (exact) mass is 466 g/mol. The van der Waals surface area contributed by atoms with Crippen molar-refractivity contribution in [2.45, 2.75) is 39.5 Å². The van der Waals surface area contributed by atoms with Crippen LogP contribution in [0, 0.1) is 0 Å². The van der Waals surface area contributed by atoms with Crippen molar-refractivity contribution >= 4 is 23.3 Å². The summed E-state index contributed by atoms with van der Waals surface area (Å²) in [5.41, 5.74) is 0.935. The summed E-state index contributed by atoms with van der Waals surface area (Å²) in [7, 11) is 0. The normalized spacial score (nSPS) is 11.0. The van der Waals surface area contributed by atoms with Gasteiger partial charge in [-0.15, -0.1) is 11.3 Å². The minimum atomic E-state index is -0.578. The van der Waals surface area contributed by atoms with Gasteiger partial charge in [0.05, 0.1) is 12.1 Å². The van der Waals surface area contributed by atoms with Crippen molar-refractivity contribution in [3.05, 3.63) is 88.1 Å². The van der Waals surface area contributed by atoms with Crippen molar-refractivity contribution in [2.75, 3.05) is 13.1 Å². The molecule has 0 saturated carbocycles. The van der Waals surface area contributed by atoms with Gasteiger partial charge in [0.1, 0.15) is 18.0 Å². The van der Waals surface area contributed by atoms with Gasteiger partial charge in [0.2, 0.25) is 0 Å². The summed E-state index contributed by atoms with van der Waals surface area (Å²) in [6.45, 7) is 6.86. The lowest BCUT2D eigenvalue weighted by Gasteiger charge is -2.24. The second-order valence-electron chi connectivity index (χ2n) is 8.51. The van der Waals surface area contributed by atoms with Crippen LogP contribution in [0.1, 0.15) is 41.6 Å². The van der Waals surface area contributed by atoms with E-state index in [1.165, 1.54) is 0 Å². The Morgan fingerprint density at radius 2 is 1.70 bits per heavy atom. The zero-order valence-electron chi connectivity index (χ0n) is 19.2. The van der Waals surface area contributed by atoms with Gasteiger partial charge in [-0.05, 0) is 49.9 Å². The van der Waals surface area contributed by atoms with Crippen molar-refractivity contribution in [3.8, 4) is 5.75 Å². The molecule has 0 aliphatic rings. The predicted octanol–water partition coefficient (Wildman–Crippen LogP) is 5.49. The van der Waals surface area contributed by atoms with Crippen LogP contribution in [0.15, 0.2) is 72.1 Å². The van der Waals surface area contributed by atoms with Crippen molar-refractivity contribution < 1.29 is 19.1 Å². The van der Waals surface area contributed by atoms with Crippen LogP contribution < -0.4 is 10.1 Å². The van der Waals surface area contributed by atoms with E-state index in [-0.39, 0.29) is 12.5 Å². The van der Waals surface area contributed by atoms with E-state index in [1.54, 1.807) is 28.4 Å². The molecular weight excluding hydrogens is 436 g/mol. The maximum Gasteiger partial charge on any atom is 0.407 e. The molecule has 0 spiro atoms. The van der Waals surface area contributed by atoms with Crippen molar-refractivity contribution in [3.63, 3.8) is 0 Å². The summed E-state index contributed by atoms with van der Waals surface area (Å²) < 4.78 is 11.3. The van der Waals surface area contributed by atoms with Crippen molar-refractivity contribution in [2.24, 2.45) is 0 Å². The van der Waals surface area contributed by atoms with Crippen LogP contribution in [-0.4, -0.2) is 35.6 Å². The van der Waals surface area contributed by atoms with Gasteiger partial charge in [-0.2, -0.15) is 0 Å². The number of thiophene rings is 1. The summed E-state index contributed by atoms with van der Waals surface area (Å²) in [5.74, 6) is 0.376. The summed E-state index contributed by atoms with van der Waals surface area (Å²) in [5, 5.41) is 4.71. The maximum atomic E-state index is 13.5. The van der Waals surface area contributed by atoms with Crippen LogP contribution >= 0.6 is 11.3 Å². The Hall–Kier alpha value is -3.32. The zero-order chi connectivity index (χ0) is 23.7. The van der Waals surface area contributed by atoms with E-state index in [0.29, 0.717) is 31.0 Å². The first-order chi connectivity index (χ1) is 15.8. The highest BCUT2D eigenvalue weighted by Gasteiger charge is 2.21. The Kier molecular flexibility index (Phi) is 8.49. The minimum Gasteiger partial charge on any atom is -0.488 e. The second kappa shape index (κ2) is 11.5. The molecule has 0 atom stereocenters. The fourth-order valence-corrected chi connectivity index (χ4v) is 3.84. The number of alkyl carbamates (subject to hydrolysis) is 1. The van der Waals surface area contributed by atoms with Gasteiger partial charge < -0.3 is 19.7 Å². The number of carbonyl (C=O) groups excluding carboxylic acids is 2. The number of hydrogen-bond donors (Lipinski definition) is 1. The highest BCUT2D eigenvalue weighted by atomic mass is 32.1. The molecule has 1 aromatic heterocycles. The van der Waals surface area contributed by atoms with E-state index in [9.17, 15) is 9.59 Å². The molecule has 0 aliphatic carbocycles. The summed E-state index contributed by atoms with van der Waals surface area (Å²) in [6, 6.07) is 21.0. The molecule has 33 heavy (non-hydrogen) atoms. The number of rotatable bonds is 9. The van der Waals surface area contributed by atoms with Crippen LogP contribution in [0.25, 0.3) is 0 Å². The maximum absolute atomic E-state index is 13.5. The Morgan fingerprint density at radius 1 is 0.970 bits per heavy atom. The van der Waals surface area contributed by atoms with Crippen LogP contribution in [0.3, 0.4) is 0 Å². The molecule has 1 N–H and O–H groups in total. The largest absolute Gasteiger partial charge is 0.488 e. The van der Waals surface area contributed by atoms with Gasteiger partial charge in [0.25, 0.3) is 5.91 Å². The molecule has 0 radical (unpaired) electrons. The number of nitrogens with zero attached hydrogens (tertiary/aromatic N) is 1. The standard InChI is InChI=1S/C26H30N2O4S/c1-26(2,3)32-25(30)27-15-16-28(18-21-12-9-17-33-21)24(29)22-13-7-8-14-23(22)31-19-20-10-5-4-6-11-20/h4-14,17H,15-16,18-19H2,1-3H3,(H,27,30). The van der Waals surface area contributed by atoms with Gasteiger partial charge in [-0.3, -0.25) is 4.79 Å². The molecule has 3 rings (SSSR count). The zero-order valence-corrected chi connectivity index (χ0v) is 20.1. The van der Waals surface area contributed by atoms with Crippen LogP contribution in [-0.2, 0) is 17.9 Å². The molecule has 2 amide bonds. The lowest BCUT2D eigenvalue weighted by Crippen LogP contribution is -2.40. The van der Waals surface area contributed by atoms with Gasteiger partial charge in [-0.25, -0.2) is 4.79 Å². The lowest BCUT2D eigenvalue weighted by molar-refractivity contribution is 0.0512. The number of ether oxygens (including phenoxy) is 2. The Bertz CT molecular complexity index is 1030. The number of amides is 2. The first kappa shape index (κ1) is 24.3. The first-order valence-electron chi connectivity index (χ1n) is 10.9. The molecule has 0 aliphatic heterocycles. The quantitative estimate of drug-likeness (QED) is 0.453. The Labute approximate surface area is 199 Å². The molecule has 0 fully saturated rings. The van der Waals surface area contributed by atoms with Gasteiger partial charge in [-0.1, -0.05) is 48.5 Å². The van der Waals surface area contributed by atoms with Gasteiger partial charge in [0.15, 0.2) is 0 Å². The minimum absolute atomic E-state index is 0.155. The fraction of sp³-hybridized carbons (Fsp3) is 0.308. The summed E-state index contributed by atoms with van der Waals surface area (Å²) >= 11 is 1.59. The third kappa shape index (κ3) is 7.95. The topological polar surface area (TPSA) is 67.9 Å². The third-order valence-corrected chi connectivity index (χ3v) is 5.48. The van der Waals surface area contributed by atoms with Crippen molar-refractivity contribution in [1.29, 1.82) is 0 Å².